The molecular formula is C31H46N2O2. The molecular weight excluding hydrogens is 432 g/mol. The summed E-state index contributed by atoms with van der Waals surface area (Å²) in [6, 6.07) is 9.35. The second kappa shape index (κ2) is 9.76. The lowest BCUT2D eigenvalue weighted by Gasteiger charge is -2.29. The van der Waals surface area contributed by atoms with Crippen molar-refractivity contribution in [3.05, 3.63) is 46.6 Å². The van der Waals surface area contributed by atoms with Crippen LogP contribution in [0.4, 0.5) is 0 Å². The number of ether oxygens (including phenoxy) is 1. The summed E-state index contributed by atoms with van der Waals surface area (Å²) < 4.78 is 7.72. The summed E-state index contributed by atoms with van der Waals surface area (Å²) in [5.74, 6) is 1.52. The minimum absolute atomic E-state index is 0.0242. The average Bonchev–Trinajstić information content (AvgIpc) is 3.07. The minimum atomic E-state index is 0.0242. The van der Waals surface area contributed by atoms with Gasteiger partial charge in [-0.25, -0.2) is 0 Å². The van der Waals surface area contributed by atoms with E-state index in [0.29, 0.717) is 19.1 Å². The van der Waals surface area contributed by atoms with Gasteiger partial charge in [0, 0.05) is 17.9 Å². The average molecular weight is 479 g/mol. The zero-order valence-corrected chi connectivity index (χ0v) is 23.3. The molecule has 192 valence electrons. The normalized spacial score (nSPS) is 21.6. The molecule has 4 heteroatoms. The number of carbonyl (C=O) groups excluding carboxylic acids is 1. The molecule has 1 amide bonds. The monoisotopic (exact) mass is 478 g/mol. The van der Waals surface area contributed by atoms with Crippen LogP contribution in [0.15, 0.2) is 24.3 Å². The number of benzene rings is 1. The third-order valence-electron chi connectivity index (χ3n) is 8.12. The second-order valence-electron chi connectivity index (χ2n) is 13.3. The number of carbonyl (C=O) groups is 1. The number of hydrogen-bond acceptors (Lipinski definition) is 2. The fourth-order valence-corrected chi connectivity index (χ4v) is 5.34. The first-order valence-electron chi connectivity index (χ1n) is 13.6. The Morgan fingerprint density at radius 2 is 1.51 bits per heavy atom. The molecule has 0 radical (unpaired) electrons. The second-order valence-corrected chi connectivity index (χ2v) is 13.3. The van der Waals surface area contributed by atoms with Crippen molar-refractivity contribution in [3.8, 4) is 11.3 Å². The fraction of sp³-hybridized carbons (Fsp3) is 0.645. The van der Waals surface area contributed by atoms with Gasteiger partial charge in [0.2, 0.25) is 0 Å². The van der Waals surface area contributed by atoms with Gasteiger partial charge in [-0.3, -0.25) is 4.79 Å². The molecule has 4 rings (SSSR count). The van der Waals surface area contributed by atoms with Crippen LogP contribution in [0.1, 0.15) is 101 Å². The zero-order valence-electron chi connectivity index (χ0n) is 23.3. The van der Waals surface area contributed by atoms with Gasteiger partial charge in [0.1, 0.15) is 0 Å². The van der Waals surface area contributed by atoms with E-state index >= 15 is 0 Å². The first-order valence-corrected chi connectivity index (χ1v) is 13.6. The highest BCUT2D eigenvalue weighted by atomic mass is 16.5. The molecule has 1 aliphatic heterocycles. The largest absolute Gasteiger partial charge is 0.377 e. The van der Waals surface area contributed by atoms with Crippen molar-refractivity contribution >= 4 is 5.91 Å². The number of nitrogens with one attached hydrogen (secondary N) is 1. The van der Waals surface area contributed by atoms with Crippen LogP contribution in [0.3, 0.4) is 0 Å². The molecule has 0 atom stereocenters. The molecule has 2 heterocycles. The fourth-order valence-electron chi connectivity index (χ4n) is 5.34. The van der Waals surface area contributed by atoms with Gasteiger partial charge in [-0.2, -0.15) is 0 Å². The molecule has 2 aromatic rings. The predicted molar refractivity (Wildman–Crippen MR) is 145 cm³/mol. The van der Waals surface area contributed by atoms with Crippen molar-refractivity contribution in [1.29, 1.82) is 0 Å². The van der Waals surface area contributed by atoms with E-state index in [1.165, 1.54) is 48.1 Å². The van der Waals surface area contributed by atoms with E-state index in [4.69, 9.17) is 4.74 Å². The summed E-state index contributed by atoms with van der Waals surface area (Å²) >= 11 is 0. The van der Waals surface area contributed by atoms with Crippen molar-refractivity contribution in [1.82, 2.24) is 9.88 Å². The minimum Gasteiger partial charge on any atom is -0.377 e. The number of amides is 1. The summed E-state index contributed by atoms with van der Waals surface area (Å²) in [6.07, 6.45) is 5.16. The Balaban J connectivity index is 1.80. The van der Waals surface area contributed by atoms with Crippen LogP contribution < -0.4 is 5.32 Å². The highest BCUT2D eigenvalue weighted by molar-refractivity contribution is 5.97. The molecule has 1 N–H and O–H groups in total. The zero-order chi connectivity index (χ0) is 25.5. The molecule has 2 aliphatic rings. The molecule has 1 saturated carbocycles. The van der Waals surface area contributed by atoms with E-state index in [1.54, 1.807) is 0 Å². The molecule has 2 fully saturated rings. The SMILES string of the molecule is Cc1c(C(=O)NC2COC2)cc(-c2cc(C(C)(C)C)cc(C(C)(C)C)c2)n1CC1CCC(C)CC1. The Hall–Kier alpha value is -2.07. The van der Waals surface area contributed by atoms with Gasteiger partial charge in [0.05, 0.1) is 24.8 Å². The molecule has 0 bridgehead atoms. The molecule has 1 saturated heterocycles. The lowest BCUT2D eigenvalue weighted by atomic mass is 9.79. The van der Waals surface area contributed by atoms with E-state index < -0.39 is 0 Å². The summed E-state index contributed by atoms with van der Waals surface area (Å²) in [4.78, 5) is 13.3. The van der Waals surface area contributed by atoms with Gasteiger partial charge in [0.15, 0.2) is 0 Å². The summed E-state index contributed by atoms with van der Waals surface area (Å²) in [6.45, 7) is 20.4. The first kappa shape index (κ1) is 26.0. The topological polar surface area (TPSA) is 43.3 Å². The number of rotatable bonds is 5. The Kier molecular flexibility index (Phi) is 7.26. The Morgan fingerprint density at radius 1 is 0.943 bits per heavy atom. The quantitative estimate of drug-likeness (QED) is 0.502. The van der Waals surface area contributed by atoms with E-state index in [1.807, 2.05) is 0 Å². The third-order valence-corrected chi connectivity index (χ3v) is 8.12. The van der Waals surface area contributed by atoms with Gasteiger partial charge in [-0.1, -0.05) is 67.4 Å². The molecule has 1 aliphatic carbocycles. The van der Waals surface area contributed by atoms with Gasteiger partial charge < -0.3 is 14.6 Å². The molecule has 4 nitrogen and oxygen atoms in total. The van der Waals surface area contributed by atoms with Crippen molar-refractivity contribution < 1.29 is 9.53 Å². The van der Waals surface area contributed by atoms with Gasteiger partial charge in [-0.15, -0.1) is 0 Å². The summed E-state index contributed by atoms with van der Waals surface area (Å²) in [7, 11) is 0. The van der Waals surface area contributed by atoms with E-state index in [9.17, 15) is 4.79 Å². The smallest absolute Gasteiger partial charge is 0.253 e. The molecule has 1 aromatic heterocycles. The Bertz CT molecular complexity index is 1020. The third kappa shape index (κ3) is 5.85. The van der Waals surface area contributed by atoms with E-state index in [2.05, 4.69) is 89.5 Å². The predicted octanol–water partition coefficient (Wildman–Crippen LogP) is 7.01. The maximum absolute atomic E-state index is 13.3. The van der Waals surface area contributed by atoms with E-state index in [-0.39, 0.29) is 22.8 Å². The van der Waals surface area contributed by atoms with Gasteiger partial charge in [-0.05, 0) is 77.3 Å². The van der Waals surface area contributed by atoms with Crippen molar-refractivity contribution in [2.75, 3.05) is 13.2 Å². The highest BCUT2D eigenvalue weighted by Gasteiger charge is 2.28. The van der Waals surface area contributed by atoms with Crippen molar-refractivity contribution in [2.45, 2.75) is 104 Å². The summed E-state index contributed by atoms with van der Waals surface area (Å²) in [5, 5.41) is 3.17. The number of hydrogen-bond donors (Lipinski definition) is 1. The van der Waals surface area contributed by atoms with Crippen LogP contribution >= 0.6 is 0 Å². The van der Waals surface area contributed by atoms with Crippen LogP contribution in [-0.2, 0) is 22.1 Å². The molecule has 35 heavy (non-hydrogen) atoms. The van der Waals surface area contributed by atoms with Crippen LogP contribution in [0, 0.1) is 18.8 Å². The Labute approximate surface area is 212 Å². The molecule has 1 aromatic carbocycles. The Morgan fingerprint density at radius 3 is 2.00 bits per heavy atom. The maximum Gasteiger partial charge on any atom is 0.253 e. The van der Waals surface area contributed by atoms with Crippen LogP contribution in [0.2, 0.25) is 0 Å². The highest BCUT2D eigenvalue weighted by Crippen LogP contribution is 2.37. The summed E-state index contributed by atoms with van der Waals surface area (Å²) in [5.41, 5.74) is 7.06. The lowest BCUT2D eigenvalue weighted by Crippen LogP contribution is -2.48. The van der Waals surface area contributed by atoms with Gasteiger partial charge in [0.25, 0.3) is 5.91 Å². The van der Waals surface area contributed by atoms with Crippen molar-refractivity contribution in [3.63, 3.8) is 0 Å². The molecule has 0 unspecified atom stereocenters. The maximum atomic E-state index is 13.3. The van der Waals surface area contributed by atoms with Crippen LogP contribution in [-0.4, -0.2) is 29.7 Å². The van der Waals surface area contributed by atoms with E-state index in [0.717, 1.165) is 23.7 Å². The standard InChI is InChI=1S/C31H46N2O2/c1-20-9-11-22(12-10-20)17-33-21(2)27(29(34)32-26-18-35-19-26)16-28(33)23-13-24(30(3,4)5)15-25(14-23)31(6,7)8/h13-16,20,22,26H,9-12,17-19H2,1-8H3,(H,32,34). The van der Waals surface area contributed by atoms with Crippen LogP contribution in [0.25, 0.3) is 11.3 Å². The first-order chi connectivity index (χ1) is 16.3. The van der Waals surface area contributed by atoms with Gasteiger partial charge >= 0.3 is 0 Å². The number of aromatic nitrogens is 1. The van der Waals surface area contributed by atoms with Crippen molar-refractivity contribution in [2.24, 2.45) is 11.8 Å². The number of nitrogens with zero attached hydrogens (tertiary/aromatic N) is 1. The lowest BCUT2D eigenvalue weighted by molar-refractivity contribution is -0.00347. The van der Waals surface area contributed by atoms with Crippen LogP contribution in [0.5, 0.6) is 0 Å². The molecule has 0 spiro atoms.